The summed E-state index contributed by atoms with van der Waals surface area (Å²) in [6.45, 7) is 2.88. The molecule has 1 aromatic carbocycles. The summed E-state index contributed by atoms with van der Waals surface area (Å²) in [6.07, 6.45) is 3.19. The molecule has 0 fully saturated rings. The maximum atomic E-state index is 13.1. The first-order valence-corrected chi connectivity index (χ1v) is 7.51. The van der Waals surface area contributed by atoms with Gasteiger partial charge < -0.3 is 5.32 Å². The van der Waals surface area contributed by atoms with Crippen molar-refractivity contribution in [1.29, 1.82) is 0 Å². The summed E-state index contributed by atoms with van der Waals surface area (Å²) in [5.74, 6) is 0.900. The Bertz CT molecular complexity index is 313. The molecule has 0 aliphatic carbocycles. The van der Waals surface area contributed by atoms with E-state index < -0.39 is 0 Å². The Morgan fingerprint density at radius 1 is 1.44 bits per heavy atom. The molecular formula is C12H17BrFNS. The highest BCUT2D eigenvalue weighted by Crippen LogP contribution is 2.15. The van der Waals surface area contributed by atoms with E-state index in [4.69, 9.17) is 0 Å². The molecule has 0 bridgehead atoms. The van der Waals surface area contributed by atoms with Crippen LogP contribution in [-0.2, 0) is 6.54 Å². The summed E-state index contributed by atoms with van der Waals surface area (Å²) in [7, 11) is 0. The molecule has 0 aliphatic rings. The normalized spacial score (nSPS) is 12.8. The third-order valence-electron chi connectivity index (χ3n) is 2.38. The zero-order valence-electron chi connectivity index (χ0n) is 9.59. The van der Waals surface area contributed by atoms with Gasteiger partial charge in [-0.25, -0.2) is 4.39 Å². The summed E-state index contributed by atoms with van der Waals surface area (Å²) in [6, 6.07) is 5.49. The molecule has 0 aliphatic heterocycles. The van der Waals surface area contributed by atoms with Gasteiger partial charge >= 0.3 is 0 Å². The Morgan fingerprint density at radius 2 is 2.19 bits per heavy atom. The number of rotatable bonds is 6. The number of hydrogen-bond acceptors (Lipinski definition) is 2. The predicted molar refractivity (Wildman–Crippen MR) is 73.4 cm³/mol. The van der Waals surface area contributed by atoms with Crippen molar-refractivity contribution in [3.05, 3.63) is 34.1 Å². The van der Waals surface area contributed by atoms with Crippen LogP contribution in [0.5, 0.6) is 0 Å². The average Bonchev–Trinajstić information content (AvgIpc) is 2.23. The van der Waals surface area contributed by atoms with Crippen molar-refractivity contribution in [2.75, 3.05) is 12.0 Å². The molecule has 0 saturated carbocycles. The lowest BCUT2D eigenvalue weighted by Crippen LogP contribution is -2.30. The van der Waals surface area contributed by atoms with E-state index >= 15 is 0 Å². The SMILES string of the molecule is CCC(CSC)NCc1cc(F)cc(Br)c1. The first-order valence-electron chi connectivity index (χ1n) is 5.33. The first-order chi connectivity index (χ1) is 7.65. The largest absolute Gasteiger partial charge is 0.309 e. The lowest BCUT2D eigenvalue weighted by molar-refractivity contribution is 0.538. The Kier molecular flexibility index (Phi) is 6.39. The van der Waals surface area contributed by atoms with Gasteiger partial charge in [0.2, 0.25) is 0 Å². The minimum absolute atomic E-state index is 0.191. The van der Waals surface area contributed by atoms with Gasteiger partial charge in [0.1, 0.15) is 5.82 Å². The zero-order chi connectivity index (χ0) is 12.0. The van der Waals surface area contributed by atoms with E-state index in [1.807, 2.05) is 17.8 Å². The number of thioether (sulfide) groups is 1. The van der Waals surface area contributed by atoms with Crippen LogP contribution in [0, 0.1) is 5.82 Å². The van der Waals surface area contributed by atoms with Crippen LogP contribution in [0.1, 0.15) is 18.9 Å². The van der Waals surface area contributed by atoms with Crippen LogP contribution < -0.4 is 5.32 Å². The van der Waals surface area contributed by atoms with E-state index in [0.29, 0.717) is 6.04 Å². The lowest BCUT2D eigenvalue weighted by atomic mass is 10.2. The number of hydrogen-bond donors (Lipinski definition) is 1. The maximum Gasteiger partial charge on any atom is 0.124 e. The van der Waals surface area contributed by atoms with E-state index in [1.165, 1.54) is 6.07 Å². The number of nitrogens with one attached hydrogen (secondary N) is 1. The predicted octanol–water partition coefficient (Wildman–Crippen LogP) is 3.82. The summed E-state index contributed by atoms with van der Waals surface area (Å²) in [5.41, 5.74) is 0.978. The first kappa shape index (κ1) is 14.0. The standard InChI is InChI=1S/C12H17BrFNS/c1-3-12(8-16-2)15-7-9-4-10(13)6-11(14)5-9/h4-6,12,15H,3,7-8H2,1-2H3. The van der Waals surface area contributed by atoms with Gasteiger partial charge in [-0.15, -0.1) is 0 Å². The van der Waals surface area contributed by atoms with Crippen molar-refractivity contribution >= 4 is 27.7 Å². The molecule has 1 nitrogen and oxygen atoms in total. The molecular weight excluding hydrogens is 289 g/mol. The fourth-order valence-electron chi connectivity index (χ4n) is 1.50. The summed E-state index contributed by atoms with van der Waals surface area (Å²) in [5, 5.41) is 3.43. The van der Waals surface area contributed by atoms with Crippen LogP contribution in [0.3, 0.4) is 0 Å². The Balaban J connectivity index is 2.52. The molecule has 0 spiro atoms. The quantitative estimate of drug-likeness (QED) is 0.857. The topological polar surface area (TPSA) is 12.0 Å². The van der Waals surface area contributed by atoms with Crippen LogP contribution >= 0.6 is 27.7 Å². The van der Waals surface area contributed by atoms with Crippen LogP contribution in [0.2, 0.25) is 0 Å². The minimum atomic E-state index is -0.191. The van der Waals surface area contributed by atoms with Crippen molar-refractivity contribution in [3.8, 4) is 0 Å². The molecule has 0 amide bonds. The highest BCUT2D eigenvalue weighted by Gasteiger charge is 2.05. The minimum Gasteiger partial charge on any atom is -0.309 e. The Morgan fingerprint density at radius 3 is 2.75 bits per heavy atom. The van der Waals surface area contributed by atoms with Gasteiger partial charge in [-0.2, -0.15) is 11.8 Å². The van der Waals surface area contributed by atoms with Crippen molar-refractivity contribution in [1.82, 2.24) is 5.32 Å². The van der Waals surface area contributed by atoms with Gasteiger partial charge in [-0.1, -0.05) is 22.9 Å². The van der Waals surface area contributed by atoms with E-state index in [1.54, 1.807) is 6.07 Å². The van der Waals surface area contributed by atoms with Crippen molar-refractivity contribution in [3.63, 3.8) is 0 Å². The summed E-state index contributed by atoms with van der Waals surface area (Å²) >= 11 is 5.13. The van der Waals surface area contributed by atoms with Gasteiger partial charge in [0.05, 0.1) is 0 Å². The van der Waals surface area contributed by atoms with Gasteiger partial charge in [-0.05, 0) is 36.4 Å². The zero-order valence-corrected chi connectivity index (χ0v) is 12.0. The van der Waals surface area contributed by atoms with Crippen LogP contribution in [0.25, 0.3) is 0 Å². The highest BCUT2D eigenvalue weighted by atomic mass is 79.9. The molecule has 1 aromatic rings. The third-order valence-corrected chi connectivity index (χ3v) is 3.57. The fraction of sp³-hybridized carbons (Fsp3) is 0.500. The molecule has 4 heteroatoms. The smallest absolute Gasteiger partial charge is 0.124 e. The Labute approximate surface area is 109 Å². The van der Waals surface area contributed by atoms with Crippen LogP contribution in [-0.4, -0.2) is 18.1 Å². The molecule has 0 saturated heterocycles. The molecule has 1 unspecified atom stereocenters. The monoisotopic (exact) mass is 305 g/mol. The molecule has 0 heterocycles. The molecule has 16 heavy (non-hydrogen) atoms. The highest BCUT2D eigenvalue weighted by molar-refractivity contribution is 9.10. The van der Waals surface area contributed by atoms with Gasteiger partial charge in [0, 0.05) is 22.8 Å². The molecule has 1 N–H and O–H groups in total. The fourth-order valence-corrected chi connectivity index (χ4v) is 2.77. The van der Waals surface area contributed by atoms with E-state index in [2.05, 4.69) is 34.4 Å². The number of halogens is 2. The van der Waals surface area contributed by atoms with Gasteiger partial charge in [0.15, 0.2) is 0 Å². The van der Waals surface area contributed by atoms with Crippen molar-refractivity contribution in [2.24, 2.45) is 0 Å². The summed E-state index contributed by atoms with van der Waals surface area (Å²) < 4.78 is 13.9. The molecule has 1 atom stereocenters. The average molecular weight is 306 g/mol. The maximum absolute atomic E-state index is 13.1. The second-order valence-electron chi connectivity index (χ2n) is 3.72. The molecule has 0 radical (unpaired) electrons. The number of benzene rings is 1. The molecule has 90 valence electrons. The van der Waals surface area contributed by atoms with Crippen LogP contribution in [0.4, 0.5) is 4.39 Å². The second kappa shape index (κ2) is 7.30. The molecule has 1 rings (SSSR count). The summed E-state index contributed by atoms with van der Waals surface area (Å²) in [4.78, 5) is 0. The van der Waals surface area contributed by atoms with Gasteiger partial charge in [-0.3, -0.25) is 0 Å². The third kappa shape index (κ3) is 4.85. The van der Waals surface area contributed by atoms with Gasteiger partial charge in [0.25, 0.3) is 0 Å². The second-order valence-corrected chi connectivity index (χ2v) is 5.55. The van der Waals surface area contributed by atoms with Crippen LogP contribution in [0.15, 0.2) is 22.7 Å². The van der Waals surface area contributed by atoms with Crippen molar-refractivity contribution in [2.45, 2.75) is 25.9 Å². The van der Waals surface area contributed by atoms with Crippen molar-refractivity contribution < 1.29 is 4.39 Å². The van der Waals surface area contributed by atoms with E-state index in [9.17, 15) is 4.39 Å². The molecule has 0 aromatic heterocycles. The lowest BCUT2D eigenvalue weighted by Gasteiger charge is -2.15. The van der Waals surface area contributed by atoms with E-state index in [0.717, 1.165) is 28.8 Å². The Hall–Kier alpha value is -0.0600. The van der Waals surface area contributed by atoms with E-state index in [-0.39, 0.29) is 5.82 Å².